The molecular formula is C17H20N6O4S2. The highest BCUT2D eigenvalue weighted by atomic mass is 32.2. The summed E-state index contributed by atoms with van der Waals surface area (Å²) in [6, 6.07) is 4.84. The number of methoxy groups -OCH3 is 2. The van der Waals surface area contributed by atoms with Crippen LogP contribution in [0.5, 0.6) is 5.75 Å². The first-order valence-electron chi connectivity index (χ1n) is 8.62. The van der Waals surface area contributed by atoms with Gasteiger partial charge in [0.25, 0.3) is 0 Å². The first kappa shape index (κ1) is 20.9. The van der Waals surface area contributed by atoms with Crippen LogP contribution >= 0.6 is 23.1 Å². The van der Waals surface area contributed by atoms with Crippen molar-refractivity contribution in [1.29, 1.82) is 0 Å². The van der Waals surface area contributed by atoms with Gasteiger partial charge in [0.2, 0.25) is 11.9 Å². The minimum atomic E-state index is -0.660. The van der Waals surface area contributed by atoms with E-state index in [0.717, 1.165) is 27.7 Å². The SMILES string of the molecule is CCC(C(=O)Nc1nc2ccc(OC)cc2s1)n1c(N)nnc1SCC(=O)OC. The summed E-state index contributed by atoms with van der Waals surface area (Å²) in [5, 5.41) is 11.5. The maximum absolute atomic E-state index is 12.9. The Morgan fingerprint density at radius 3 is 2.83 bits per heavy atom. The molecule has 0 spiro atoms. The maximum Gasteiger partial charge on any atom is 0.316 e. The van der Waals surface area contributed by atoms with Crippen LogP contribution in [0.2, 0.25) is 0 Å². The van der Waals surface area contributed by atoms with E-state index in [1.165, 1.54) is 23.0 Å². The first-order chi connectivity index (χ1) is 14.0. The lowest BCUT2D eigenvalue weighted by Crippen LogP contribution is -2.27. The number of nitrogen functional groups attached to an aromatic ring is 1. The van der Waals surface area contributed by atoms with Crippen molar-refractivity contribution in [2.24, 2.45) is 0 Å². The number of ether oxygens (including phenoxy) is 2. The van der Waals surface area contributed by atoms with Gasteiger partial charge in [-0.3, -0.25) is 14.2 Å². The number of amides is 1. The zero-order valence-electron chi connectivity index (χ0n) is 16.0. The topological polar surface area (TPSA) is 134 Å². The first-order valence-corrected chi connectivity index (χ1v) is 10.4. The van der Waals surface area contributed by atoms with E-state index in [2.05, 4.69) is 25.2 Å². The lowest BCUT2D eigenvalue weighted by Gasteiger charge is -2.18. The highest BCUT2D eigenvalue weighted by molar-refractivity contribution is 7.99. The number of aromatic nitrogens is 4. The number of carbonyl (C=O) groups is 2. The van der Waals surface area contributed by atoms with Crippen LogP contribution in [0.25, 0.3) is 10.2 Å². The summed E-state index contributed by atoms with van der Waals surface area (Å²) in [4.78, 5) is 28.8. The molecule has 2 aromatic heterocycles. The Kier molecular flexibility index (Phi) is 6.54. The van der Waals surface area contributed by atoms with Gasteiger partial charge in [-0.15, -0.1) is 10.2 Å². The number of anilines is 2. The zero-order chi connectivity index (χ0) is 21.0. The quantitative estimate of drug-likeness (QED) is 0.403. The fourth-order valence-corrected chi connectivity index (χ4v) is 4.34. The van der Waals surface area contributed by atoms with Gasteiger partial charge in [-0.1, -0.05) is 30.0 Å². The summed E-state index contributed by atoms with van der Waals surface area (Å²) in [5.41, 5.74) is 6.70. The number of nitrogens with two attached hydrogens (primary N) is 1. The summed E-state index contributed by atoms with van der Waals surface area (Å²) in [7, 11) is 2.90. The number of esters is 1. The fraction of sp³-hybridized carbons (Fsp3) is 0.353. The van der Waals surface area contributed by atoms with Crippen LogP contribution in [0, 0.1) is 0 Å². The van der Waals surface area contributed by atoms with Crippen LogP contribution in [-0.2, 0) is 14.3 Å². The Labute approximate surface area is 174 Å². The van der Waals surface area contributed by atoms with Crippen LogP contribution in [0.3, 0.4) is 0 Å². The summed E-state index contributed by atoms with van der Waals surface area (Å²) < 4.78 is 12.3. The van der Waals surface area contributed by atoms with E-state index < -0.39 is 12.0 Å². The number of fused-ring (bicyclic) bond motifs is 1. The van der Waals surface area contributed by atoms with E-state index in [9.17, 15) is 9.59 Å². The Balaban J connectivity index is 1.80. The van der Waals surface area contributed by atoms with Crippen molar-refractivity contribution in [2.75, 3.05) is 31.0 Å². The molecule has 0 saturated heterocycles. The molecule has 0 bridgehead atoms. The minimum absolute atomic E-state index is 0.0341. The molecule has 3 rings (SSSR count). The molecule has 3 aromatic rings. The fourth-order valence-electron chi connectivity index (χ4n) is 2.62. The number of hydrogen-bond acceptors (Lipinski definition) is 10. The molecule has 0 aliphatic rings. The number of thiazole rings is 1. The van der Waals surface area contributed by atoms with Gasteiger partial charge in [0.1, 0.15) is 11.8 Å². The normalized spacial score (nSPS) is 12.0. The number of thioether (sulfide) groups is 1. The number of nitrogens with one attached hydrogen (secondary N) is 1. The molecule has 0 saturated carbocycles. The maximum atomic E-state index is 12.9. The number of carbonyl (C=O) groups excluding carboxylic acids is 2. The van der Waals surface area contributed by atoms with Crippen LogP contribution < -0.4 is 15.8 Å². The Morgan fingerprint density at radius 1 is 1.34 bits per heavy atom. The molecule has 0 aliphatic heterocycles. The second-order valence-corrected chi connectivity index (χ2v) is 7.81. The monoisotopic (exact) mass is 436 g/mol. The number of benzene rings is 1. The van der Waals surface area contributed by atoms with Crippen molar-refractivity contribution < 1.29 is 19.1 Å². The summed E-state index contributed by atoms with van der Waals surface area (Å²) in [5.74, 6) is 0.130. The van der Waals surface area contributed by atoms with Gasteiger partial charge in [-0.05, 0) is 24.6 Å². The molecule has 10 nitrogen and oxygen atoms in total. The van der Waals surface area contributed by atoms with E-state index in [4.69, 9.17) is 10.5 Å². The molecule has 2 heterocycles. The van der Waals surface area contributed by atoms with Gasteiger partial charge in [0.05, 0.1) is 30.2 Å². The van der Waals surface area contributed by atoms with E-state index >= 15 is 0 Å². The summed E-state index contributed by atoms with van der Waals surface area (Å²) in [6.07, 6.45) is 0.443. The van der Waals surface area contributed by atoms with Crippen molar-refractivity contribution in [1.82, 2.24) is 19.7 Å². The molecule has 1 amide bonds. The number of hydrogen-bond donors (Lipinski definition) is 2. The van der Waals surface area contributed by atoms with Gasteiger partial charge < -0.3 is 20.5 Å². The second-order valence-electron chi connectivity index (χ2n) is 5.84. The third kappa shape index (κ3) is 4.59. The second kappa shape index (κ2) is 9.09. The van der Waals surface area contributed by atoms with Crippen LogP contribution in [0.15, 0.2) is 23.4 Å². The predicted molar refractivity (Wildman–Crippen MR) is 111 cm³/mol. The molecule has 1 aromatic carbocycles. The van der Waals surface area contributed by atoms with Crippen molar-refractivity contribution in [3.05, 3.63) is 18.2 Å². The number of rotatable bonds is 8. The third-order valence-electron chi connectivity index (χ3n) is 4.06. The van der Waals surface area contributed by atoms with Gasteiger partial charge in [0.15, 0.2) is 10.3 Å². The largest absolute Gasteiger partial charge is 0.497 e. The molecule has 1 atom stereocenters. The highest BCUT2D eigenvalue weighted by Crippen LogP contribution is 2.31. The summed E-state index contributed by atoms with van der Waals surface area (Å²) >= 11 is 2.45. The van der Waals surface area contributed by atoms with E-state index in [1.54, 1.807) is 7.11 Å². The molecule has 0 fully saturated rings. The smallest absolute Gasteiger partial charge is 0.316 e. The van der Waals surface area contributed by atoms with Gasteiger partial charge in [0, 0.05) is 0 Å². The molecule has 0 radical (unpaired) electrons. The van der Waals surface area contributed by atoms with Crippen molar-refractivity contribution in [3.63, 3.8) is 0 Å². The van der Waals surface area contributed by atoms with E-state index in [0.29, 0.717) is 16.7 Å². The van der Waals surface area contributed by atoms with Crippen molar-refractivity contribution in [2.45, 2.75) is 24.5 Å². The Morgan fingerprint density at radius 2 is 2.14 bits per heavy atom. The van der Waals surface area contributed by atoms with Crippen LogP contribution in [0.1, 0.15) is 19.4 Å². The van der Waals surface area contributed by atoms with Crippen molar-refractivity contribution in [3.8, 4) is 5.75 Å². The average Bonchev–Trinajstić information content (AvgIpc) is 3.29. The molecular weight excluding hydrogens is 416 g/mol. The molecule has 0 aliphatic carbocycles. The van der Waals surface area contributed by atoms with Crippen LogP contribution in [0.4, 0.5) is 11.1 Å². The molecule has 154 valence electrons. The van der Waals surface area contributed by atoms with Gasteiger partial charge in [-0.25, -0.2) is 4.98 Å². The minimum Gasteiger partial charge on any atom is -0.497 e. The van der Waals surface area contributed by atoms with Gasteiger partial charge >= 0.3 is 5.97 Å². The predicted octanol–water partition coefficient (Wildman–Crippen LogP) is 2.33. The molecule has 29 heavy (non-hydrogen) atoms. The lowest BCUT2D eigenvalue weighted by molar-refractivity contribution is -0.137. The van der Waals surface area contributed by atoms with Crippen LogP contribution in [-0.4, -0.2) is 51.6 Å². The molecule has 1 unspecified atom stereocenters. The Hall–Kier alpha value is -2.86. The lowest BCUT2D eigenvalue weighted by atomic mass is 10.2. The molecule has 3 N–H and O–H groups in total. The molecule has 12 heteroatoms. The zero-order valence-corrected chi connectivity index (χ0v) is 17.7. The average molecular weight is 437 g/mol. The standard InChI is InChI=1S/C17H20N6O4S2/c1-4-11(23-15(18)21-22-17(23)28-8-13(24)27-3)14(25)20-16-19-10-6-5-9(26-2)7-12(10)29-16/h5-7,11H,4,8H2,1-3H3,(H2,18,21)(H,19,20,25). The van der Waals surface area contributed by atoms with Gasteiger partial charge in [-0.2, -0.15) is 0 Å². The van der Waals surface area contributed by atoms with E-state index in [-0.39, 0.29) is 17.6 Å². The highest BCUT2D eigenvalue weighted by Gasteiger charge is 2.26. The number of nitrogens with zero attached hydrogens (tertiary/aromatic N) is 4. The third-order valence-corrected chi connectivity index (χ3v) is 5.91. The summed E-state index contributed by atoms with van der Waals surface area (Å²) in [6.45, 7) is 1.85. The Bertz CT molecular complexity index is 1030. The van der Waals surface area contributed by atoms with E-state index in [1.807, 2.05) is 25.1 Å². The van der Waals surface area contributed by atoms with Crippen molar-refractivity contribution >= 4 is 56.3 Å².